The van der Waals surface area contributed by atoms with Gasteiger partial charge in [0.2, 0.25) is 11.8 Å². The number of imidazole rings is 1. The van der Waals surface area contributed by atoms with Gasteiger partial charge < -0.3 is 19.9 Å². The highest BCUT2D eigenvalue weighted by Gasteiger charge is 2.09. The van der Waals surface area contributed by atoms with Crippen molar-refractivity contribution in [3.8, 4) is 11.6 Å². The van der Waals surface area contributed by atoms with Crippen LogP contribution in [0.1, 0.15) is 11.3 Å². The first-order valence-electron chi connectivity index (χ1n) is 10.4. The quantitative estimate of drug-likeness (QED) is 0.285. The Balaban J connectivity index is 1.25. The van der Waals surface area contributed by atoms with Crippen LogP contribution in [0.25, 0.3) is 11.0 Å². The number of hydrogen-bond acceptors (Lipinski definition) is 6. The van der Waals surface area contributed by atoms with Gasteiger partial charge in [0.05, 0.1) is 16.1 Å². The third-order valence-corrected chi connectivity index (χ3v) is 5.38. The number of fused-ring (bicyclic) bond motifs is 1. The van der Waals surface area contributed by atoms with Crippen LogP contribution in [0.4, 0.5) is 17.5 Å². The maximum Gasteiger partial charge on any atom is 0.219 e. The summed E-state index contributed by atoms with van der Waals surface area (Å²) in [6.45, 7) is 2.60. The number of rotatable bonds is 7. The number of aryl methyl sites for hydroxylation is 2. The van der Waals surface area contributed by atoms with Gasteiger partial charge in [0.1, 0.15) is 5.75 Å². The zero-order valence-electron chi connectivity index (χ0n) is 18.1. The molecule has 33 heavy (non-hydrogen) atoms. The van der Waals surface area contributed by atoms with Gasteiger partial charge in [-0.3, -0.25) is 5.10 Å². The van der Waals surface area contributed by atoms with Crippen molar-refractivity contribution in [2.75, 3.05) is 10.6 Å². The number of H-pyrrole nitrogens is 1. The van der Waals surface area contributed by atoms with Gasteiger partial charge >= 0.3 is 0 Å². The molecule has 166 valence electrons. The SMILES string of the molecule is Cc1cc(Nc2ccc3nc(NCc4ccc(Oc5ccc(Cl)cn5)cc4)n(C)c3c2)n[nH]1. The van der Waals surface area contributed by atoms with Crippen molar-refractivity contribution in [3.05, 3.63) is 83.1 Å². The first-order chi connectivity index (χ1) is 16.0. The predicted octanol–water partition coefficient (Wildman–Crippen LogP) is 5.80. The van der Waals surface area contributed by atoms with E-state index >= 15 is 0 Å². The average molecular weight is 460 g/mol. The average Bonchev–Trinajstić information content (AvgIpc) is 3.37. The zero-order chi connectivity index (χ0) is 22.8. The Labute approximate surface area is 195 Å². The fourth-order valence-corrected chi connectivity index (χ4v) is 3.57. The Morgan fingerprint density at radius 1 is 1.06 bits per heavy atom. The Kier molecular flexibility index (Phi) is 5.58. The molecule has 5 aromatic rings. The summed E-state index contributed by atoms with van der Waals surface area (Å²) in [5.74, 6) is 2.79. The molecule has 8 nitrogen and oxygen atoms in total. The second kappa shape index (κ2) is 8.84. The zero-order valence-corrected chi connectivity index (χ0v) is 18.9. The van der Waals surface area contributed by atoms with E-state index in [0.29, 0.717) is 23.2 Å². The predicted molar refractivity (Wildman–Crippen MR) is 130 cm³/mol. The van der Waals surface area contributed by atoms with Gasteiger partial charge in [-0.2, -0.15) is 5.10 Å². The Morgan fingerprint density at radius 3 is 2.64 bits per heavy atom. The van der Waals surface area contributed by atoms with Crippen molar-refractivity contribution in [3.63, 3.8) is 0 Å². The molecule has 0 aliphatic carbocycles. The van der Waals surface area contributed by atoms with Crippen LogP contribution < -0.4 is 15.4 Å². The van der Waals surface area contributed by atoms with E-state index < -0.39 is 0 Å². The Hall–Kier alpha value is -4.04. The normalized spacial score (nSPS) is 11.0. The molecule has 0 radical (unpaired) electrons. The molecular weight excluding hydrogens is 438 g/mol. The summed E-state index contributed by atoms with van der Waals surface area (Å²) in [5, 5.41) is 14.5. The van der Waals surface area contributed by atoms with E-state index in [9.17, 15) is 0 Å². The number of ether oxygens (including phenoxy) is 1. The Bertz CT molecular complexity index is 1390. The molecule has 3 N–H and O–H groups in total. The lowest BCUT2D eigenvalue weighted by atomic mass is 10.2. The lowest BCUT2D eigenvalue weighted by Gasteiger charge is -2.08. The van der Waals surface area contributed by atoms with Crippen LogP contribution in [-0.4, -0.2) is 24.7 Å². The van der Waals surface area contributed by atoms with E-state index in [1.165, 1.54) is 0 Å². The molecule has 0 aliphatic rings. The molecule has 0 fully saturated rings. The fraction of sp³-hybridized carbons (Fsp3) is 0.125. The van der Waals surface area contributed by atoms with Crippen molar-refractivity contribution in [2.45, 2.75) is 13.5 Å². The Morgan fingerprint density at radius 2 is 1.91 bits per heavy atom. The lowest BCUT2D eigenvalue weighted by Crippen LogP contribution is -2.05. The largest absolute Gasteiger partial charge is 0.439 e. The maximum absolute atomic E-state index is 5.86. The van der Waals surface area contributed by atoms with E-state index in [1.54, 1.807) is 18.3 Å². The number of aromatic amines is 1. The maximum atomic E-state index is 5.86. The molecule has 3 heterocycles. The minimum absolute atomic E-state index is 0.501. The first kappa shape index (κ1) is 20.8. The van der Waals surface area contributed by atoms with Crippen molar-refractivity contribution >= 4 is 40.1 Å². The third kappa shape index (κ3) is 4.75. The smallest absolute Gasteiger partial charge is 0.219 e. The van der Waals surface area contributed by atoms with Crippen LogP contribution in [-0.2, 0) is 13.6 Å². The van der Waals surface area contributed by atoms with Crippen molar-refractivity contribution < 1.29 is 4.74 Å². The number of anilines is 3. The van der Waals surface area contributed by atoms with Crippen LogP contribution in [0.15, 0.2) is 66.9 Å². The standard InChI is InChI=1S/C24H22ClN7O/c1-15-11-22(31-30-15)28-18-6-9-20-21(12-18)32(2)24(29-20)27-13-16-3-7-19(8-4-16)33-23-10-5-17(25)14-26-23/h3-12,14H,13H2,1-2H3,(H,27,29)(H2,28,30,31). The number of benzene rings is 2. The number of halogens is 1. The second-order valence-corrected chi connectivity index (χ2v) is 8.11. The lowest BCUT2D eigenvalue weighted by molar-refractivity contribution is 0.463. The monoisotopic (exact) mass is 459 g/mol. The highest BCUT2D eigenvalue weighted by atomic mass is 35.5. The second-order valence-electron chi connectivity index (χ2n) is 7.67. The molecule has 3 aromatic heterocycles. The topological polar surface area (TPSA) is 92.7 Å². The van der Waals surface area contributed by atoms with Crippen molar-refractivity contribution in [1.29, 1.82) is 0 Å². The number of aromatic nitrogens is 5. The van der Waals surface area contributed by atoms with Crippen LogP contribution >= 0.6 is 11.6 Å². The van der Waals surface area contributed by atoms with Gasteiger partial charge in [0.15, 0.2) is 5.82 Å². The van der Waals surface area contributed by atoms with E-state index in [4.69, 9.17) is 21.3 Å². The number of nitrogens with one attached hydrogen (secondary N) is 3. The molecule has 0 bridgehead atoms. The molecule has 0 amide bonds. The fourth-order valence-electron chi connectivity index (χ4n) is 3.46. The van der Waals surface area contributed by atoms with Crippen LogP contribution in [0.3, 0.4) is 0 Å². The molecule has 0 saturated heterocycles. The summed E-state index contributed by atoms with van der Waals surface area (Å²) in [7, 11) is 2.00. The van der Waals surface area contributed by atoms with Crippen molar-refractivity contribution in [1.82, 2.24) is 24.7 Å². The summed E-state index contributed by atoms with van der Waals surface area (Å²) in [6, 6.07) is 19.3. The summed E-state index contributed by atoms with van der Waals surface area (Å²) in [5.41, 5.74) is 5.01. The molecule has 0 saturated carbocycles. The highest BCUT2D eigenvalue weighted by molar-refractivity contribution is 6.30. The highest BCUT2D eigenvalue weighted by Crippen LogP contribution is 2.25. The van der Waals surface area contributed by atoms with E-state index in [0.717, 1.165) is 39.7 Å². The van der Waals surface area contributed by atoms with Crippen LogP contribution in [0.5, 0.6) is 11.6 Å². The number of nitrogens with zero attached hydrogens (tertiary/aromatic N) is 4. The molecular formula is C24H22ClN7O. The van der Waals surface area contributed by atoms with Gasteiger partial charge in [-0.1, -0.05) is 23.7 Å². The minimum atomic E-state index is 0.501. The minimum Gasteiger partial charge on any atom is -0.439 e. The first-order valence-corrected chi connectivity index (χ1v) is 10.8. The van der Waals surface area contributed by atoms with Gasteiger partial charge in [0, 0.05) is 43.3 Å². The van der Waals surface area contributed by atoms with Gasteiger partial charge in [-0.15, -0.1) is 0 Å². The third-order valence-electron chi connectivity index (χ3n) is 5.16. The molecule has 0 unspecified atom stereocenters. The number of hydrogen-bond donors (Lipinski definition) is 3. The molecule has 5 rings (SSSR count). The van der Waals surface area contributed by atoms with Crippen molar-refractivity contribution in [2.24, 2.45) is 7.05 Å². The van der Waals surface area contributed by atoms with Gasteiger partial charge in [-0.25, -0.2) is 9.97 Å². The van der Waals surface area contributed by atoms with Gasteiger partial charge in [0.25, 0.3) is 0 Å². The summed E-state index contributed by atoms with van der Waals surface area (Å²) >= 11 is 5.86. The summed E-state index contributed by atoms with van der Waals surface area (Å²) in [6.07, 6.45) is 1.56. The van der Waals surface area contributed by atoms with Crippen LogP contribution in [0, 0.1) is 6.92 Å². The van der Waals surface area contributed by atoms with Crippen LogP contribution in [0.2, 0.25) is 5.02 Å². The summed E-state index contributed by atoms with van der Waals surface area (Å²) < 4.78 is 7.79. The molecule has 0 aliphatic heterocycles. The van der Waals surface area contributed by atoms with Gasteiger partial charge in [-0.05, 0) is 48.9 Å². The molecule has 2 aromatic carbocycles. The molecule has 9 heteroatoms. The summed E-state index contributed by atoms with van der Waals surface area (Å²) in [4.78, 5) is 8.86. The number of pyridine rings is 1. The van der Waals surface area contributed by atoms with E-state index in [2.05, 4.69) is 31.9 Å². The molecule has 0 spiro atoms. The van der Waals surface area contributed by atoms with E-state index in [1.807, 2.05) is 61.0 Å². The van der Waals surface area contributed by atoms with E-state index in [-0.39, 0.29) is 0 Å². The molecule has 0 atom stereocenters.